The predicted octanol–water partition coefficient (Wildman–Crippen LogP) is 9.29. The van der Waals surface area contributed by atoms with E-state index < -0.39 is 0 Å². The van der Waals surface area contributed by atoms with Crippen LogP contribution in [0.1, 0.15) is 46.4 Å². The molecule has 1 fully saturated rings. The quantitative estimate of drug-likeness (QED) is 0.137. The van der Waals surface area contributed by atoms with Gasteiger partial charge in [0.05, 0.1) is 10.1 Å². The fourth-order valence-corrected chi connectivity index (χ4v) is 7.28. The van der Waals surface area contributed by atoms with Gasteiger partial charge in [-0.3, -0.25) is 4.90 Å². The number of hydrogen-bond donors (Lipinski definition) is 0. The van der Waals surface area contributed by atoms with Crippen molar-refractivity contribution in [3.05, 3.63) is 150 Å². The van der Waals surface area contributed by atoms with Crippen molar-refractivity contribution in [1.29, 1.82) is 0 Å². The van der Waals surface area contributed by atoms with E-state index in [4.69, 9.17) is 18.9 Å². The molecule has 0 spiro atoms. The Morgan fingerprint density at radius 3 is 1.96 bits per heavy atom. The van der Waals surface area contributed by atoms with E-state index >= 15 is 0 Å². The Morgan fingerprint density at radius 1 is 0.609 bits per heavy atom. The van der Waals surface area contributed by atoms with Gasteiger partial charge >= 0.3 is 0 Å². The van der Waals surface area contributed by atoms with Crippen molar-refractivity contribution in [2.75, 3.05) is 26.2 Å². The molecule has 0 radical (unpaired) electrons. The molecule has 0 amide bonds. The molecule has 5 nitrogen and oxygen atoms in total. The number of thioether (sulfide) groups is 1. The number of rotatable bonds is 12. The second kappa shape index (κ2) is 14.8. The summed E-state index contributed by atoms with van der Waals surface area (Å²) in [6, 6.07) is 43.4. The Bertz CT molecular complexity index is 1690. The lowest BCUT2D eigenvalue weighted by atomic mass is 9.99. The zero-order chi connectivity index (χ0) is 31.0. The molecule has 0 bridgehead atoms. The van der Waals surface area contributed by atoms with E-state index in [0.717, 1.165) is 56.7 Å². The van der Waals surface area contributed by atoms with Gasteiger partial charge < -0.3 is 18.9 Å². The standard InChI is InChI=1S/C40H39NO4S/c1-3-10-30(11-4-1)28-43-35-15-9-14-33(26-35)40-39(32-16-18-34(19-17-32)42-25-24-41-22-7-8-23-41)45-37-21-20-36(27-38(37)46-40)44-29-31-12-5-2-6-13-31/h1-6,9-21,26-27,39-40H,7-8,22-25,28-29H2/t39-,40+/m0/s1. The van der Waals surface area contributed by atoms with Gasteiger partial charge in [-0.25, -0.2) is 0 Å². The Balaban J connectivity index is 1.11. The van der Waals surface area contributed by atoms with Crippen LogP contribution < -0.4 is 18.9 Å². The molecule has 234 valence electrons. The van der Waals surface area contributed by atoms with Gasteiger partial charge in [-0.05, 0) is 90.6 Å². The first-order valence-electron chi connectivity index (χ1n) is 16.1. The lowest BCUT2D eigenvalue weighted by Gasteiger charge is -2.34. The van der Waals surface area contributed by atoms with Crippen molar-refractivity contribution >= 4 is 11.8 Å². The van der Waals surface area contributed by atoms with Gasteiger partial charge in [-0.2, -0.15) is 0 Å². The zero-order valence-electron chi connectivity index (χ0n) is 25.9. The Kier molecular flexibility index (Phi) is 9.74. The van der Waals surface area contributed by atoms with Crippen LogP contribution >= 0.6 is 11.8 Å². The minimum absolute atomic E-state index is 0.000849. The topological polar surface area (TPSA) is 40.2 Å². The van der Waals surface area contributed by atoms with Gasteiger partial charge in [-0.15, -0.1) is 11.8 Å². The van der Waals surface area contributed by atoms with E-state index in [1.807, 2.05) is 54.6 Å². The van der Waals surface area contributed by atoms with Crippen LogP contribution in [0.2, 0.25) is 0 Å². The molecule has 0 unspecified atom stereocenters. The molecule has 46 heavy (non-hydrogen) atoms. The van der Waals surface area contributed by atoms with Crippen LogP contribution in [0.5, 0.6) is 23.0 Å². The highest BCUT2D eigenvalue weighted by atomic mass is 32.2. The first-order chi connectivity index (χ1) is 22.8. The van der Waals surface area contributed by atoms with E-state index in [2.05, 4.69) is 77.7 Å². The van der Waals surface area contributed by atoms with E-state index in [0.29, 0.717) is 19.8 Å². The first-order valence-corrected chi connectivity index (χ1v) is 17.0. The van der Waals surface area contributed by atoms with Crippen LogP contribution in [0, 0.1) is 0 Å². The van der Waals surface area contributed by atoms with E-state index in [-0.39, 0.29) is 11.4 Å². The highest BCUT2D eigenvalue weighted by Crippen LogP contribution is 2.54. The summed E-state index contributed by atoms with van der Waals surface area (Å²) in [4.78, 5) is 3.53. The second-order valence-electron chi connectivity index (χ2n) is 11.8. The lowest BCUT2D eigenvalue weighted by Crippen LogP contribution is -2.25. The number of nitrogens with zero attached hydrogens (tertiary/aromatic N) is 1. The predicted molar refractivity (Wildman–Crippen MR) is 184 cm³/mol. The number of likely N-dealkylation sites (tertiary alicyclic amines) is 1. The number of hydrogen-bond acceptors (Lipinski definition) is 6. The molecule has 2 aliphatic heterocycles. The molecular formula is C40H39NO4S. The van der Waals surface area contributed by atoms with Crippen LogP contribution in [0.15, 0.2) is 132 Å². The summed E-state index contributed by atoms with van der Waals surface area (Å²) in [5, 5.41) is -0.000849. The molecule has 0 aliphatic carbocycles. The largest absolute Gasteiger partial charge is 0.492 e. The van der Waals surface area contributed by atoms with Gasteiger partial charge in [-0.1, -0.05) is 84.9 Å². The van der Waals surface area contributed by atoms with Gasteiger partial charge in [0.1, 0.15) is 48.9 Å². The Hall–Kier alpha value is -4.39. The maximum atomic E-state index is 6.80. The summed E-state index contributed by atoms with van der Waals surface area (Å²) >= 11 is 1.81. The number of benzene rings is 5. The second-order valence-corrected chi connectivity index (χ2v) is 13.0. The molecule has 0 N–H and O–H groups in total. The smallest absolute Gasteiger partial charge is 0.140 e. The third kappa shape index (κ3) is 7.69. The normalized spacial score (nSPS) is 17.6. The molecule has 0 saturated carbocycles. The summed E-state index contributed by atoms with van der Waals surface area (Å²) in [5.41, 5.74) is 4.53. The summed E-state index contributed by atoms with van der Waals surface area (Å²) in [6.45, 7) is 5.08. The van der Waals surface area contributed by atoms with Gasteiger partial charge in [0, 0.05) is 6.54 Å². The maximum Gasteiger partial charge on any atom is 0.140 e. The van der Waals surface area contributed by atoms with Crippen molar-refractivity contribution in [1.82, 2.24) is 4.90 Å². The molecule has 6 heteroatoms. The summed E-state index contributed by atoms with van der Waals surface area (Å²) in [5.74, 6) is 3.42. The van der Waals surface area contributed by atoms with Crippen LogP contribution in [0.25, 0.3) is 0 Å². The zero-order valence-corrected chi connectivity index (χ0v) is 26.7. The molecule has 2 aliphatic rings. The minimum atomic E-state index is -0.198. The molecule has 2 heterocycles. The molecule has 1 saturated heterocycles. The molecule has 7 rings (SSSR count). The SMILES string of the molecule is c1ccc(COc2cccc([C@H]3Sc4cc(OCc5ccccc5)ccc4O[C@H]3c3ccc(OCCN4CCCC4)cc3)c2)cc1. The molecular weight excluding hydrogens is 591 g/mol. The minimum Gasteiger partial charge on any atom is -0.492 e. The maximum absolute atomic E-state index is 6.80. The number of fused-ring (bicyclic) bond motifs is 1. The van der Waals surface area contributed by atoms with Crippen molar-refractivity contribution in [3.63, 3.8) is 0 Å². The van der Waals surface area contributed by atoms with Gasteiger partial charge in [0.2, 0.25) is 0 Å². The van der Waals surface area contributed by atoms with E-state index in [9.17, 15) is 0 Å². The Labute approximate surface area is 276 Å². The monoisotopic (exact) mass is 629 g/mol. The van der Waals surface area contributed by atoms with Crippen LogP contribution in [0.3, 0.4) is 0 Å². The summed E-state index contributed by atoms with van der Waals surface area (Å²) in [6.07, 6.45) is 2.39. The summed E-state index contributed by atoms with van der Waals surface area (Å²) < 4.78 is 25.3. The van der Waals surface area contributed by atoms with E-state index in [1.165, 1.54) is 25.9 Å². The molecule has 5 aromatic rings. The van der Waals surface area contributed by atoms with Gasteiger partial charge in [0.25, 0.3) is 0 Å². The lowest BCUT2D eigenvalue weighted by molar-refractivity contribution is 0.189. The van der Waals surface area contributed by atoms with Crippen LogP contribution in [0.4, 0.5) is 0 Å². The van der Waals surface area contributed by atoms with Crippen molar-refractivity contribution < 1.29 is 18.9 Å². The molecule has 5 aromatic carbocycles. The molecule has 0 aromatic heterocycles. The third-order valence-electron chi connectivity index (χ3n) is 8.46. The number of ether oxygens (including phenoxy) is 4. The highest BCUT2D eigenvalue weighted by molar-refractivity contribution is 7.99. The van der Waals surface area contributed by atoms with Crippen LogP contribution in [-0.4, -0.2) is 31.1 Å². The van der Waals surface area contributed by atoms with Crippen molar-refractivity contribution in [2.24, 2.45) is 0 Å². The fourth-order valence-electron chi connectivity index (χ4n) is 5.97. The van der Waals surface area contributed by atoms with Crippen molar-refractivity contribution in [3.8, 4) is 23.0 Å². The highest BCUT2D eigenvalue weighted by Gasteiger charge is 2.34. The van der Waals surface area contributed by atoms with Gasteiger partial charge in [0.15, 0.2) is 0 Å². The average molecular weight is 630 g/mol. The average Bonchev–Trinajstić information content (AvgIpc) is 3.64. The van der Waals surface area contributed by atoms with Crippen LogP contribution in [-0.2, 0) is 13.2 Å². The summed E-state index contributed by atoms with van der Waals surface area (Å²) in [7, 11) is 0. The van der Waals surface area contributed by atoms with Crippen molar-refractivity contribution in [2.45, 2.75) is 42.3 Å². The molecule has 2 atom stereocenters. The third-order valence-corrected chi connectivity index (χ3v) is 9.81. The Morgan fingerprint density at radius 2 is 1.26 bits per heavy atom. The first kappa shape index (κ1) is 30.3. The fraction of sp³-hybridized carbons (Fsp3) is 0.250. The van der Waals surface area contributed by atoms with E-state index in [1.54, 1.807) is 11.8 Å².